The van der Waals surface area contributed by atoms with Gasteiger partial charge in [-0.2, -0.15) is 5.10 Å². The molecule has 0 saturated heterocycles. The van der Waals surface area contributed by atoms with Gasteiger partial charge in [0.1, 0.15) is 5.82 Å². The Morgan fingerprint density at radius 2 is 1.69 bits per heavy atom. The first-order valence-electron chi connectivity index (χ1n) is 8.87. The van der Waals surface area contributed by atoms with Crippen LogP contribution in [-0.2, 0) is 0 Å². The Morgan fingerprint density at radius 3 is 2.50 bits per heavy atom. The molecule has 5 rings (SSSR count). The van der Waals surface area contributed by atoms with Crippen LogP contribution in [0.4, 0.5) is 10.1 Å². The van der Waals surface area contributed by atoms with Crippen LogP contribution in [0.25, 0.3) is 27.9 Å². The molecule has 4 heteroatoms. The Bertz CT molecular complexity index is 1080. The largest absolute Gasteiger partial charge is 0.382 e. The molecular weight excluding hydrogens is 325 g/mol. The van der Waals surface area contributed by atoms with Gasteiger partial charge >= 0.3 is 0 Å². The third-order valence-corrected chi connectivity index (χ3v) is 4.75. The van der Waals surface area contributed by atoms with Gasteiger partial charge in [-0.05, 0) is 78.6 Å². The first kappa shape index (κ1) is 15.1. The summed E-state index contributed by atoms with van der Waals surface area (Å²) in [4.78, 5) is 0. The molecule has 1 aliphatic carbocycles. The minimum Gasteiger partial charge on any atom is -0.382 e. The maximum atomic E-state index is 13.1. The molecule has 0 unspecified atom stereocenters. The zero-order valence-corrected chi connectivity index (χ0v) is 14.2. The third kappa shape index (κ3) is 2.94. The summed E-state index contributed by atoms with van der Waals surface area (Å²) in [5.41, 5.74) is 6.27. The molecule has 0 bridgehead atoms. The van der Waals surface area contributed by atoms with Crippen LogP contribution in [0.3, 0.4) is 0 Å². The topological polar surface area (TPSA) is 29.3 Å². The van der Waals surface area contributed by atoms with Gasteiger partial charge in [-0.3, -0.25) is 0 Å². The van der Waals surface area contributed by atoms with E-state index in [-0.39, 0.29) is 5.82 Å². The van der Waals surface area contributed by atoms with Gasteiger partial charge in [0.15, 0.2) is 0 Å². The normalized spacial score (nSPS) is 13.9. The number of aromatic nitrogens is 2. The average Bonchev–Trinajstić information content (AvgIpc) is 3.37. The second-order valence-electron chi connectivity index (χ2n) is 6.82. The van der Waals surface area contributed by atoms with Crippen LogP contribution in [0.5, 0.6) is 0 Å². The molecule has 2 aromatic heterocycles. The van der Waals surface area contributed by atoms with E-state index in [0.29, 0.717) is 6.04 Å². The number of pyridine rings is 1. The summed E-state index contributed by atoms with van der Waals surface area (Å²) >= 11 is 0. The standard InChI is InChI=1S/C22H18FN3/c23-18-6-4-15(5-7-18)22-14-21-13-17(10-11-26(21)25-22)16-2-1-3-20(12-16)24-19-8-9-19/h1-7,10-14,19,24H,8-9H2. The predicted molar refractivity (Wildman–Crippen MR) is 103 cm³/mol. The first-order valence-corrected chi connectivity index (χ1v) is 8.87. The van der Waals surface area contributed by atoms with Crippen LogP contribution >= 0.6 is 0 Å². The number of nitrogens with zero attached hydrogens (tertiary/aromatic N) is 2. The van der Waals surface area contributed by atoms with Crippen LogP contribution in [0.1, 0.15) is 12.8 Å². The predicted octanol–water partition coefficient (Wildman–Crippen LogP) is 5.38. The van der Waals surface area contributed by atoms with E-state index in [9.17, 15) is 4.39 Å². The second kappa shape index (κ2) is 5.99. The minimum absolute atomic E-state index is 0.237. The van der Waals surface area contributed by atoms with Crippen LogP contribution < -0.4 is 5.32 Å². The van der Waals surface area contributed by atoms with E-state index in [1.54, 1.807) is 12.1 Å². The Hall–Kier alpha value is -3.14. The number of anilines is 1. The van der Waals surface area contributed by atoms with E-state index >= 15 is 0 Å². The van der Waals surface area contributed by atoms with Gasteiger partial charge in [0.05, 0.1) is 11.2 Å². The fourth-order valence-electron chi connectivity index (χ4n) is 3.19. The molecule has 4 aromatic rings. The maximum Gasteiger partial charge on any atom is 0.123 e. The van der Waals surface area contributed by atoms with E-state index < -0.39 is 0 Å². The summed E-state index contributed by atoms with van der Waals surface area (Å²) in [5.74, 6) is -0.237. The summed E-state index contributed by atoms with van der Waals surface area (Å²) < 4.78 is 15.0. The second-order valence-corrected chi connectivity index (χ2v) is 6.82. The lowest BCUT2D eigenvalue weighted by Crippen LogP contribution is -2.00. The summed E-state index contributed by atoms with van der Waals surface area (Å²) in [5, 5.41) is 8.14. The van der Waals surface area contributed by atoms with Gasteiger partial charge in [0.25, 0.3) is 0 Å². The Morgan fingerprint density at radius 1 is 0.885 bits per heavy atom. The van der Waals surface area contributed by atoms with Crippen molar-refractivity contribution in [2.75, 3.05) is 5.32 Å². The smallest absolute Gasteiger partial charge is 0.123 e. The third-order valence-electron chi connectivity index (χ3n) is 4.75. The molecule has 128 valence electrons. The highest BCUT2D eigenvalue weighted by Crippen LogP contribution is 2.29. The van der Waals surface area contributed by atoms with E-state index in [1.807, 2.05) is 16.8 Å². The summed E-state index contributed by atoms with van der Waals surface area (Å²) in [6.07, 6.45) is 4.50. The van der Waals surface area contributed by atoms with Crippen molar-refractivity contribution in [2.24, 2.45) is 0 Å². The van der Waals surface area contributed by atoms with E-state index in [0.717, 1.165) is 22.3 Å². The molecule has 3 nitrogen and oxygen atoms in total. The number of rotatable bonds is 4. The van der Waals surface area contributed by atoms with Crippen LogP contribution in [0.15, 0.2) is 72.9 Å². The number of fused-ring (bicyclic) bond motifs is 1. The van der Waals surface area contributed by atoms with Crippen LogP contribution in [-0.4, -0.2) is 15.7 Å². The number of hydrogen-bond acceptors (Lipinski definition) is 2. The SMILES string of the molecule is Fc1ccc(-c2cc3cc(-c4cccc(NC5CC5)c4)ccn3n2)cc1. The number of halogens is 1. The molecule has 0 aliphatic heterocycles. The molecule has 1 saturated carbocycles. The molecular formula is C22H18FN3. The van der Waals surface area contributed by atoms with Crippen molar-refractivity contribution in [3.05, 3.63) is 78.7 Å². The summed E-state index contributed by atoms with van der Waals surface area (Å²) in [6, 6.07) is 21.8. The van der Waals surface area contributed by atoms with Crippen molar-refractivity contribution >= 4 is 11.2 Å². The Labute approximate surface area is 151 Å². The van der Waals surface area contributed by atoms with Crippen molar-refractivity contribution in [3.63, 3.8) is 0 Å². The molecule has 2 heterocycles. The van der Waals surface area contributed by atoms with Crippen molar-refractivity contribution in [2.45, 2.75) is 18.9 Å². The Kier molecular flexibility index (Phi) is 3.49. The molecule has 2 aromatic carbocycles. The zero-order valence-electron chi connectivity index (χ0n) is 14.2. The highest BCUT2D eigenvalue weighted by atomic mass is 19.1. The quantitative estimate of drug-likeness (QED) is 0.539. The Balaban J connectivity index is 1.50. The molecule has 0 atom stereocenters. The molecule has 1 fully saturated rings. The number of nitrogens with one attached hydrogen (secondary N) is 1. The lowest BCUT2D eigenvalue weighted by molar-refractivity contribution is 0.628. The van der Waals surface area contributed by atoms with Gasteiger partial charge in [-0.15, -0.1) is 0 Å². The molecule has 0 radical (unpaired) electrons. The molecule has 1 aliphatic rings. The minimum atomic E-state index is -0.237. The van der Waals surface area contributed by atoms with Crippen molar-refractivity contribution in [3.8, 4) is 22.4 Å². The van der Waals surface area contributed by atoms with Gasteiger partial charge in [0.2, 0.25) is 0 Å². The van der Waals surface area contributed by atoms with Gasteiger partial charge in [0, 0.05) is 23.5 Å². The van der Waals surface area contributed by atoms with Crippen LogP contribution in [0.2, 0.25) is 0 Å². The number of hydrogen-bond donors (Lipinski definition) is 1. The zero-order chi connectivity index (χ0) is 17.5. The molecule has 0 amide bonds. The van der Waals surface area contributed by atoms with Gasteiger partial charge in [-0.25, -0.2) is 8.91 Å². The summed E-state index contributed by atoms with van der Waals surface area (Å²) in [7, 11) is 0. The molecule has 1 N–H and O–H groups in total. The molecule has 0 spiro atoms. The van der Waals surface area contributed by atoms with Gasteiger partial charge in [-0.1, -0.05) is 12.1 Å². The van der Waals surface area contributed by atoms with Crippen molar-refractivity contribution < 1.29 is 4.39 Å². The average molecular weight is 343 g/mol. The lowest BCUT2D eigenvalue weighted by atomic mass is 10.1. The van der Waals surface area contributed by atoms with Gasteiger partial charge < -0.3 is 5.32 Å². The number of benzene rings is 2. The lowest BCUT2D eigenvalue weighted by Gasteiger charge is -2.08. The fourth-order valence-corrected chi connectivity index (χ4v) is 3.19. The highest BCUT2D eigenvalue weighted by molar-refractivity contribution is 5.74. The van der Waals surface area contributed by atoms with E-state index in [1.165, 1.54) is 36.2 Å². The summed E-state index contributed by atoms with van der Waals surface area (Å²) in [6.45, 7) is 0. The maximum absolute atomic E-state index is 13.1. The van der Waals surface area contributed by atoms with Crippen LogP contribution in [0, 0.1) is 5.82 Å². The van der Waals surface area contributed by atoms with Crippen molar-refractivity contribution in [1.82, 2.24) is 9.61 Å². The molecule has 26 heavy (non-hydrogen) atoms. The van der Waals surface area contributed by atoms with E-state index in [2.05, 4.69) is 46.8 Å². The fraction of sp³-hybridized carbons (Fsp3) is 0.136. The monoisotopic (exact) mass is 343 g/mol. The first-order chi connectivity index (χ1) is 12.7. The van der Waals surface area contributed by atoms with E-state index in [4.69, 9.17) is 0 Å². The van der Waals surface area contributed by atoms with Crippen molar-refractivity contribution in [1.29, 1.82) is 0 Å². The highest BCUT2D eigenvalue weighted by Gasteiger charge is 2.20.